The minimum absolute atomic E-state index is 0.130. The summed E-state index contributed by atoms with van der Waals surface area (Å²) < 4.78 is 27.2. The zero-order chi connectivity index (χ0) is 17.2. The van der Waals surface area contributed by atoms with Crippen molar-refractivity contribution in [1.29, 1.82) is 0 Å². The Balaban J connectivity index is 1.80. The summed E-state index contributed by atoms with van der Waals surface area (Å²) in [6, 6.07) is 5.28. The van der Waals surface area contributed by atoms with E-state index in [0.717, 1.165) is 24.1 Å². The average molecular weight is 385 g/mol. The maximum Gasteiger partial charge on any atom is 0.263 e. The lowest BCUT2D eigenvalue weighted by Crippen LogP contribution is -2.36. The molecule has 0 saturated carbocycles. The molecule has 0 aliphatic carbocycles. The second-order valence-corrected chi connectivity index (χ2v) is 9.59. The molecular weight excluding hydrogens is 364 g/mol. The lowest BCUT2D eigenvalue weighted by atomic mass is 10.2. The molecule has 1 aliphatic heterocycles. The number of nitrogens with one attached hydrogen (secondary N) is 1. The molecule has 1 amide bonds. The van der Waals surface area contributed by atoms with Crippen LogP contribution in [0, 0.1) is 0 Å². The molecule has 24 heavy (non-hydrogen) atoms. The second kappa shape index (κ2) is 7.35. The Labute approximate surface area is 150 Å². The maximum absolute atomic E-state index is 12.8. The van der Waals surface area contributed by atoms with E-state index in [9.17, 15) is 13.2 Å². The van der Waals surface area contributed by atoms with Crippen LogP contribution in [0.4, 0.5) is 0 Å². The van der Waals surface area contributed by atoms with Crippen molar-refractivity contribution in [2.75, 3.05) is 13.1 Å². The first-order chi connectivity index (χ1) is 11.5. The molecule has 1 aliphatic rings. The van der Waals surface area contributed by atoms with Crippen molar-refractivity contribution in [2.24, 2.45) is 0 Å². The van der Waals surface area contributed by atoms with Crippen molar-refractivity contribution < 1.29 is 13.2 Å². The van der Waals surface area contributed by atoms with Gasteiger partial charge in [-0.15, -0.1) is 22.7 Å². The van der Waals surface area contributed by atoms with Gasteiger partial charge in [-0.3, -0.25) is 4.79 Å². The van der Waals surface area contributed by atoms with Gasteiger partial charge in [0.25, 0.3) is 5.91 Å². The molecule has 130 valence electrons. The van der Waals surface area contributed by atoms with Gasteiger partial charge in [0.1, 0.15) is 9.77 Å². The first-order valence-corrected chi connectivity index (χ1v) is 11.1. The third kappa shape index (κ3) is 3.56. The van der Waals surface area contributed by atoms with Crippen molar-refractivity contribution in [3.05, 3.63) is 38.7 Å². The van der Waals surface area contributed by atoms with Gasteiger partial charge in [0.2, 0.25) is 10.0 Å². The highest BCUT2D eigenvalue weighted by Crippen LogP contribution is 2.28. The number of hydrogen-bond donors (Lipinski definition) is 1. The molecule has 1 atom stereocenters. The first kappa shape index (κ1) is 17.6. The molecular formula is C16H20N2O3S3. The fourth-order valence-electron chi connectivity index (χ4n) is 2.78. The van der Waals surface area contributed by atoms with Gasteiger partial charge in [-0.1, -0.05) is 12.5 Å². The SMILES string of the molecule is C[C@@H](NC(=O)c1sccc1S(=O)(=O)N1CCCCC1)c1cccs1. The quantitative estimate of drug-likeness (QED) is 0.858. The Morgan fingerprint density at radius 3 is 2.58 bits per heavy atom. The fourth-order valence-corrected chi connectivity index (χ4v) is 6.34. The second-order valence-electron chi connectivity index (χ2n) is 5.79. The van der Waals surface area contributed by atoms with Gasteiger partial charge < -0.3 is 5.32 Å². The van der Waals surface area contributed by atoms with Crippen LogP contribution in [0.25, 0.3) is 0 Å². The fraction of sp³-hybridized carbons (Fsp3) is 0.438. The summed E-state index contributed by atoms with van der Waals surface area (Å²) in [6.45, 7) is 2.96. The number of piperidine rings is 1. The number of hydrogen-bond acceptors (Lipinski definition) is 5. The molecule has 0 radical (unpaired) electrons. The molecule has 2 aromatic heterocycles. The van der Waals surface area contributed by atoms with Gasteiger partial charge in [0.15, 0.2) is 0 Å². The molecule has 1 N–H and O–H groups in total. The topological polar surface area (TPSA) is 66.5 Å². The van der Waals surface area contributed by atoms with E-state index < -0.39 is 10.0 Å². The van der Waals surface area contributed by atoms with Gasteiger partial charge in [-0.25, -0.2) is 8.42 Å². The number of thiophene rings is 2. The van der Waals surface area contributed by atoms with Gasteiger partial charge in [0.05, 0.1) is 6.04 Å². The van der Waals surface area contributed by atoms with E-state index in [0.29, 0.717) is 13.1 Å². The molecule has 2 aromatic rings. The molecule has 0 spiro atoms. The Morgan fingerprint density at radius 2 is 1.92 bits per heavy atom. The Kier molecular flexibility index (Phi) is 5.39. The van der Waals surface area contributed by atoms with Crippen LogP contribution in [0.1, 0.15) is 46.8 Å². The van der Waals surface area contributed by atoms with Crippen molar-refractivity contribution in [3.8, 4) is 0 Å². The highest BCUT2D eigenvalue weighted by molar-refractivity contribution is 7.89. The van der Waals surface area contributed by atoms with E-state index in [2.05, 4.69) is 5.32 Å². The monoisotopic (exact) mass is 384 g/mol. The van der Waals surface area contributed by atoms with Crippen LogP contribution in [-0.4, -0.2) is 31.7 Å². The summed E-state index contributed by atoms with van der Waals surface area (Å²) in [7, 11) is -3.60. The van der Waals surface area contributed by atoms with Crippen LogP contribution in [-0.2, 0) is 10.0 Å². The standard InChI is InChI=1S/C16H20N2O3S3/c1-12(13-6-5-10-22-13)17-16(19)15-14(7-11-23-15)24(20,21)18-8-3-2-4-9-18/h5-7,10-12H,2-4,8-9H2,1H3,(H,17,19)/t12-/m1/s1. The molecule has 0 bridgehead atoms. The van der Waals surface area contributed by atoms with Crippen molar-refractivity contribution >= 4 is 38.6 Å². The third-order valence-electron chi connectivity index (χ3n) is 4.09. The van der Waals surface area contributed by atoms with E-state index in [-0.39, 0.29) is 21.7 Å². The molecule has 0 aromatic carbocycles. The summed E-state index contributed by atoms with van der Waals surface area (Å²) in [5.74, 6) is -0.332. The molecule has 1 saturated heterocycles. The summed E-state index contributed by atoms with van der Waals surface area (Å²) in [5, 5.41) is 6.52. The highest BCUT2D eigenvalue weighted by Gasteiger charge is 2.31. The lowest BCUT2D eigenvalue weighted by Gasteiger charge is -2.25. The minimum Gasteiger partial charge on any atom is -0.344 e. The van der Waals surface area contributed by atoms with Gasteiger partial charge in [-0.05, 0) is 42.7 Å². The third-order valence-corrected chi connectivity index (χ3v) is 8.12. The molecule has 8 heteroatoms. The van der Waals surface area contributed by atoms with Gasteiger partial charge >= 0.3 is 0 Å². The van der Waals surface area contributed by atoms with Crippen molar-refractivity contribution in [2.45, 2.75) is 37.1 Å². The number of sulfonamides is 1. The summed E-state index contributed by atoms with van der Waals surface area (Å²) >= 11 is 2.74. The molecule has 0 unspecified atom stereocenters. The normalized spacial score (nSPS) is 17.5. The van der Waals surface area contributed by atoms with Gasteiger partial charge in [-0.2, -0.15) is 4.31 Å². The van der Waals surface area contributed by atoms with Gasteiger partial charge in [0, 0.05) is 18.0 Å². The minimum atomic E-state index is -3.60. The Morgan fingerprint density at radius 1 is 1.17 bits per heavy atom. The zero-order valence-corrected chi connectivity index (χ0v) is 15.8. The van der Waals surface area contributed by atoms with Crippen LogP contribution >= 0.6 is 22.7 Å². The molecule has 3 rings (SSSR count). The maximum atomic E-state index is 12.8. The Bertz CT molecular complexity index is 790. The van der Waals surface area contributed by atoms with E-state index in [1.54, 1.807) is 22.8 Å². The number of carbonyl (C=O) groups is 1. The predicted octanol–water partition coefficient (Wildman–Crippen LogP) is 3.48. The first-order valence-electron chi connectivity index (χ1n) is 7.92. The average Bonchev–Trinajstić information content (AvgIpc) is 3.27. The summed E-state index contributed by atoms with van der Waals surface area (Å²) in [4.78, 5) is 14.0. The van der Waals surface area contributed by atoms with E-state index in [1.165, 1.54) is 15.6 Å². The highest BCUT2D eigenvalue weighted by atomic mass is 32.2. The van der Waals surface area contributed by atoms with Crippen LogP contribution < -0.4 is 5.32 Å². The summed E-state index contributed by atoms with van der Waals surface area (Å²) in [5.41, 5.74) is 0. The van der Waals surface area contributed by atoms with E-state index >= 15 is 0 Å². The number of carbonyl (C=O) groups excluding carboxylic acids is 1. The zero-order valence-electron chi connectivity index (χ0n) is 13.4. The number of rotatable bonds is 5. The molecule has 5 nitrogen and oxygen atoms in total. The van der Waals surface area contributed by atoms with E-state index in [1.807, 2.05) is 24.4 Å². The number of nitrogens with zero attached hydrogens (tertiary/aromatic N) is 1. The van der Waals surface area contributed by atoms with Crippen molar-refractivity contribution in [1.82, 2.24) is 9.62 Å². The number of amides is 1. The van der Waals surface area contributed by atoms with Crippen LogP contribution in [0.2, 0.25) is 0 Å². The van der Waals surface area contributed by atoms with Crippen molar-refractivity contribution in [3.63, 3.8) is 0 Å². The molecule has 1 fully saturated rings. The smallest absolute Gasteiger partial charge is 0.263 e. The lowest BCUT2D eigenvalue weighted by molar-refractivity contribution is 0.0941. The predicted molar refractivity (Wildman–Crippen MR) is 97.1 cm³/mol. The van der Waals surface area contributed by atoms with Crippen LogP contribution in [0.5, 0.6) is 0 Å². The van der Waals surface area contributed by atoms with E-state index in [4.69, 9.17) is 0 Å². The van der Waals surface area contributed by atoms with Crippen LogP contribution in [0.3, 0.4) is 0 Å². The van der Waals surface area contributed by atoms with Crippen LogP contribution in [0.15, 0.2) is 33.9 Å². The Hall–Kier alpha value is -1.22. The molecule has 3 heterocycles. The largest absolute Gasteiger partial charge is 0.344 e. The summed E-state index contributed by atoms with van der Waals surface area (Å²) in [6.07, 6.45) is 2.81.